The Hall–Kier alpha value is -8.15. The van der Waals surface area contributed by atoms with Crippen LogP contribution in [0, 0.1) is 46.0 Å². The van der Waals surface area contributed by atoms with Gasteiger partial charge in [0, 0.05) is 90.7 Å². The first-order chi connectivity index (χ1) is 41.6. The SMILES string of the molecule is CCc1cc[n+](C)c(-c2ccccc2C)c1.Cc1ccccc1-c1cc(C(C)C)cc[n+]1C.Cc1ccccc1-c1cc(CC(C)(C)C)cc[n+]1C.Cc1ccccc1-c1cc(CC(C)C)cc[n+]1C.[2H]C([2H])(C)c1ccc(-c2ccccc2C)[n+](C)c1. The van der Waals surface area contributed by atoms with Gasteiger partial charge in [-0.15, -0.1) is 0 Å². The normalized spacial score (nSPS) is 11.4. The molecule has 0 amide bonds. The first-order valence-corrected chi connectivity index (χ1v) is 30.9. The molecular weight excluding hydrogens is 1040 g/mol. The van der Waals surface area contributed by atoms with Crippen molar-refractivity contribution in [2.75, 3.05) is 0 Å². The van der Waals surface area contributed by atoms with Gasteiger partial charge in [-0.2, -0.15) is 0 Å². The van der Waals surface area contributed by atoms with Crippen LogP contribution in [0.2, 0.25) is 0 Å². The highest BCUT2D eigenvalue weighted by atomic mass is 14.9. The van der Waals surface area contributed by atoms with Crippen molar-refractivity contribution in [1.82, 2.24) is 0 Å². The maximum absolute atomic E-state index is 7.74. The predicted octanol–water partition coefficient (Wildman–Crippen LogP) is 17.5. The molecule has 86 heavy (non-hydrogen) atoms. The van der Waals surface area contributed by atoms with Crippen molar-refractivity contribution < 1.29 is 25.6 Å². The van der Waals surface area contributed by atoms with E-state index in [1.165, 1.54) is 101 Å². The number of hydrogen-bond donors (Lipinski definition) is 0. The van der Waals surface area contributed by atoms with Crippen molar-refractivity contribution in [2.45, 2.75) is 128 Å². The molecule has 5 heteroatoms. The van der Waals surface area contributed by atoms with Crippen LogP contribution < -0.4 is 22.8 Å². The van der Waals surface area contributed by atoms with E-state index in [0.29, 0.717) is 22.8 Å². The summed E-state index contributed by atoms with van der Waals surface area (Å²) in [7, 11) is 10.4. The Balaban J connectivity index is 0.000000176. The van der Waals surface area contributed by atoms with E-state index in [1.807, 2.05) is 42.1 Å². The van der Waals surface area contributed by atoms with Crippen molar-refractivity contribution in [3.8, 4) is 56.3 Å². The molecular formula is C81H102N5+5. The summed E-state index contributed by atoms with van der Waals surface area (Å²) in [6.07, 6.45) is 12.5. The van der Waals surface area contributed by atoms with Crippen LogP contribution in [0.4, 0.5) is 0 Å². The molecule has 5 heterocycles. The molecule has 0 N–H and O–H groups in total. The van der Waals surface area contributed by atoms with Crippen molar-refractivity contribution in [1.29, 1.82) is 0 Å². The van der Waals surface area contributed by atoms with Crippen molar-refractivity contribution in [3.63, 3.8) is 0 Å². The van der Waals surface area contributed by atoms with E-state index in [0.717, 1.165) is 25.0 Å². The van der Waals surface area contributed by atoms with Gasteiger partial charge in [-0.3, -0.25) is 0 Å². The van der Waals surface area contributed by atoms with Gasteiger partial charge < -0.3 is 0 Å². The Morgan fingerprint density at radius 1 is 0.372 bits per heavy atom. The second-order valence-electron chi connectivity index (χ2n) is 25.1. The van der Waals surface area contributed by atoms with Gasteiger partial charge in [0.1, 0.15) is 35.2 Å². The molecule has 5 aromatic heterocycles. The van der Waals surface area contributed by atoms with Gasteiger partial charge in [0.25, 0.3) is 0 Å². The lowest BCUT2D eigenvalue weighted by molar-refractivity contribution is -0.660. The summed E-state index contributed by atoms with van der Waals surface area (Å²) in [6, 6.07) is 64.4. The molecule has 0 aliphatic carbocycles. The predicted molar refractivity (Wildman–Crippen MR) is 364 cm³/mol. The Morgan fingerprint density at radius 3 is 1.06 bits per heavy atom. The molecule has 0 saturated heterocycles. The molecule has 0 spiro atoms. The molecule has 5 nitrogen and oxygen atoms in total. The summed E-state index contributed by atoms with van der Waals surface area (Å²) in [5.74, 6) is 1.27. The molecule has 0 unspecified atom stereocenters. The van der Waals surface area contributed by atoms with Gasteiger partial charge in [-0.1, -0.05) is 153 Å². The molecule has 0 radical (unpaired) electrons. The molecule has 0 aliphatic rings. The van der Waals surface area contributed by atoms with Crippen LogP contribution in [0.3, 0.4) is 0 Å². The standard InChI is InChI=1S/C18H24N.C17H22N.C16H20N.2C15H18N/c1-14-8-6-7-9-16(14)17-12-15(10-11-19(17)5)13-18(2,3)4;1-13(2)11-15-9-10-18(4)17(12-15)16-8-6-5-7-14(16)3;1-12(2)14-9-10-17(4)16(11-14)15-8-6-5-7-13(15)3;1-4-13-9-10-16(3)15(11-13)14-8-6-5-7-12(14)2;1-4-13-9-10-15(16(3)11-13)14-8-6-5-7-12(14)2/h6-12H,13H2,1-5H3;5-10,12-13H,11H2,1-4H3;5-12H,1-4H3;2*5-11H,4H2,1-3H3/q5*+1/i;;;;4D2. The van der Waals surface area contributed by atoms with Crippen LogP contribution >= 0.6 is 0 Å². The van der Waals surface area contributed by atoms with E-state index in [2.05, 4.69) is 319 Å². The van der Waals surface area contributed by atoms with Crippen LogP contribution in [0.25, 0.3) is 56.3 Å². The summed E-state index contributed by atoms with van der Waals surface area (Å²) in [5, 5.41) is 0. The highest BCUT2D eigenvalue weighted by Gasteiger charge is 2.19. The van der Waals surface area contributed by atoms with Crippen molar-refractivity contribution >= 4 is 0 Å². The highest BCUT2D eigenvalue weighted by molar-refractivity contribution is 5.64. The van der Waals surface area contributed by atoms with Gasteiger partial charge in [0.05, 0.1) is 0 Å². The van der Waals surface area contributed by atoms with Gasteiger partial charge in [-0.05, 0) is 164 Å². The number of rotatable bonds is 11. The molecule has 0 saturated carbocycles. The third kappa shape index (κ3) is 19.2. The summed E-state index contributed by atoms with van der Waals surface area (Å²) in [4.78, 5) is 0. The minimum atomic E-state index is -1.30. The fourth-order valence-electron chi connectivity index (χ4n) is 10.7. The zero-order chi connectivity index (χ0) is 64.5. The van der Waals surface area contributed by atoms with E-state index < -0.39 is 6.37 Å². The summed E-state index contributed by atoms with van der Waals surface area (Å²) >= 11 is 0. The average molecular weight is 1150 g/mol. The van der Waals surface area contributed by atoms with Gasteiger partial charge in [-0.25, -0.2) is 22.8 Å². The van der Waals surface area contributed by atoms with Crippen LogP contribution in [0.15, 0.2) is 213 Å². The minimum absolute atomic E-state index is 0.322. The number of hydrogen-bond acceptors (Lipinski definition) is 0. The zero-order valence-electron chi connectivity index (χ0n) is 57.7. The minimum Gasteiger partial charge on any atom is -0.201 e. The second-order valence-corrected chi connectivity index (χ2v) is 25.1. The molecule has 446 valence electrons. The number of pyridine rings is 5. The van der Waals surface area contributed by atoms with Crippen LogP contribution in [-0.4, -0.2) is 0 Å². The number of aromatic nitrogens is 5. The van der Waals surface area contributed by atoms with E-state index in [4.69, 9.17) is 2.74 Å². The van der Waals surface area contributed by atoms with E-state index >= 15 is 0 Å². The second kappa shape index (κ2) is 31.8. The number of aryl methyl sites for hydroxylation is 12. The zero-order valence-corrected chi connectivity index (χ0v) is 55.7. The molecule has 0 atom stereocenters. The Kier molecular flexibility index (Phi) is 23.6. The maximum Gasteiger partial charge on any atom is 0.212 e. The Bertz CT molecular complexity index is 3900. The van der Waals surface area contributed by atoms with Crippen molar-refractivity contribution in [3.05, 3.63) is 269 Å². The summed E-state index contributed by atoms with van der Waals surface area (Å²) in [6.45, 7) is 30.4. The van der Waals surface area contributed by atoms with Crippen molar-refractivity contribution in [2.24, 2.45) is 46.6 Å². The quantitative estimate of drug-likeness (QED) is 0.115. The van der Waals surface area contributed by atoms with Crippen LogP contribution in [-0.2, 0) is 60.9 Å². The number of nitrogens with zero attached hydrogens (tertiary/aromatic N) is 5. The Labute approximate surface area is 522 Å². The van der Waals surface area contributed by atoms with Gasteiger partial charge in [0.15, 0.2) is 31.0 Å². The van der Waals surface area contributed by atoms with E-state index in [1.54, 1.807) is 6.92 Å². The average Bonchev–Trinajstić information content (AvgIpc) is 2.10. The van der Waals surface area contributed by atoms with Gasteiger partial charge in [0.2, 0.25) is 28.5 Å². The molecule has 0 aliphatic heterocycles. The third-order valence-electron chi connectivity index (χ3n) is 15.8. The monoisotopic (exact) mass is 1150 g/mol. The Morgan fingerprint density at radius 2 is 0.709 bits per heavy atom. The molecule has 10 rings (SSSR count). The lowest BCUT2D eigenvalue weighted by Gasteiger charge is -2.18. The van der Waals surface area contributed by atoms with E-state index in [9.17, 15) is 0 Å². The molecule has 0 fully saturated rings. The largest absolute Gasteiger partial charge is 0.212 e. The molecule has 0 bridgehead atoms. The fraction of sp³-hybridized carbons (Fsp3) is 0.321. The number of benzene rings is 5. The first-order valence-electron chi connectivity index (χ1n) is 31.9. The molecule has 5 aromatic carbocycles. The lowest BCUT2D eigenvalue weighted by Crippen LogP contribution is -2.31. The fourth-order valence-corrected chi connectivity index (χ4v) is 10.7. The molecule has 10 aromatic rings. The van der Waals surface area contributed by atoms with Crippen LogP contribution in [0.1, 0.15) is 127 Å². The van der Waals surface area contributed by atoms with E-state index in [-0.39, 0.29) is 0 Å². The van der Waals surface area contributed by atoms with Crippen LogP contribution in [0.5, 0.6) is 0 Å². The first kappa shape index (κ1) is 63.9. The lowest BCUT2D eigenvalue weighted by atomic mass is 9.88. The third-order valence-corrected chi connectivity index (χ3v) is 15.8. The highest BCUT2D eigenvalue weighted by Crippen LogP contribution is 2.27. The summed E-state index contributed by atoms with van der Waals surface area (Å²) < 4.78 is 26.2. The summed E-state index contributed by atoms with van der Waals surface area (Å²) in [5.41, 5.74) is 25.9. The maximum atomic E-state index is 7.74. The smallest absolute Gasteiger partial charge is 0.201 e. The topological polar surface area (TPSA) is 19.4 Å². The van der Waals surface area contributed by atoms with Gasteiger partial charge >= 0.3 is 0 Å².